The molecule has 1 fully saturated rings. The predicted molar refractivity (Wildman–Crippen MR) is 191 cm³/mol. The Bertz CT molecular complexity index is 1160. The summed E-state index contributed by atoms with van der Waals surface area (Å²) in [4.78, 5) is 18.4. The SMILES string of the molecule is C=C/C(=C\C=C(/C)Nc1ncc(C(C)(C)COC(C)(C)C)c(N(C)c2ccccn2)n1)N1CCOCC1.CC.CCCNCC. The van der Waals surface area contributed by atoms with Crippen LogP contribution in [0.3, 0.4) is 0 Å². The van der Waals surface area contributed by atoms with Gasteiger partial charge in [-0.05, 0) is 77.6 Å². The molecular weight excluding hydrogens is 562 g/mol. The second-order valence-electron chi connectivity index (χ2n) is 12.2. The molecule has 0 atom stereocenters. The zero-order valence-electron chi connectivity index (χ0n) is 30.0. The predicted octanol–water partition coefficient (Wildman–Crippen LogP) is 7.48. The topological polar surface area (TPSA) is 87.7 Å². The lowest BCUT2D eigenvalue weighted by atomic mass is 9.86. The van der Waals surface area contributed by atoms with Crippen LogP contribution in [0.25, 0.3) is 0 Å². The number of nitrogens with zero attached hydrogens (tertiary/aromatic N) is 5. The highest BCUT2D eigenvalue weighted by atomic mass is 16.5. The van der Waals surface area contributed by atoms with E-state index in [2.05, 4.69) is 86.6 Å². The summed E-state index contributed by atoms with van der Waals surface area (Å²) in [7, 11) is 1.97. The summed E-state index contributed by atoms with van der Waals surface area (Å²) < 4.78 is 11.6. The van der Waals surface area contributed by atoms with E-state index in [0.717, 1.165) is 68.0 Å². The standard InChI is InChI=1S/C29H42N6O2.C5H13N.C2H6/c1-9-23(35-16-18-36-19-17-35)14-13-22(2)32-27-31-20-24(29(6,7)21-37-28(3,4)5)26(33-27)34(8)25-12-10-11-15-30-25;1-3-5-6-4-2;1-2/h9-15,20H,1,16-19,21H2,2-8H3,(H,31,32,33);6H,3-5H2,1-2H3;1-2H3/b22-13+,23-14+;;. The van der Waals surface area contributed by atoms with Gasteiger partial charge in [0.1, 0.15) is 11.6 Å². The third-order valence-electron chi connectivity index (χ3n) is 6.75. The summed E-state index contributed by atoms with van der Waals surface area (Å²) in [5, 5.41) is 6.54. The Labute approximate surface area is 274 Å². The molecule has 0 spiro atoms. The van der Waals surface area contributed by atoms with Gasteiger partial charge in [0.25, 0.3) is 0 Å². The lowest BCUT2D eigenvalue weighted by Crippen LogP contribution is -2.35. The highest BCUT2D eigenvalue weighted by molar-refractivity contribution is 5.62. The molecule has 1 aliphatic rings. The molecule has 252 valence electrons. The van der Waals surface area contributed by atoms with Crippen molar-refractivity contribution in [2.24, 2.45) is 0 Å². The van der Waals surface area contributed by atoms with Gasteiger partial charge in [0.2, 0.25) is 5.95 Å². The van der Waals surface area contributed by atoms with Gasteiger partial charge in [-0.3, -0.25) is 0 Å². The number of aromatic nitrogens is 3. The number of hydrogen-bond acceptors (Lipinski definition) is 9. The van der Waals surface area contributed by atoms with Crippen LogP contribution in [-0.4, -0.2) is 78.5 Å². The highest BCUT2D eigenvalue weighted by Gasteiger charge is 2.30. The van der Waals surface area contributed by atoms with E-state index in [1.807, 2.05) is 69.3 Å². The van der Waals surface area contributed by atoms with Crippen LogP contribution in [-0.2, 0) is 14.9 Å². The fourth-order valence-electron chi connectivity index (χ4n) is 4.21. The summed E-state index contributed by atoms with van der Waals surface area (Å²) in [6, 6.07) is 5.84. The van der Waals surface area contributed by atoms with Gasteiger partial charge < -0.3 is 29.9 Å². The van der Waals surface area contributed by atoms with E-state index in [9.17, 15) is 0 Å². The van der Waals surface area contributed by atoms with Crippen LogP contribution in [0.1, 0.15) is 81.2 Å². The van der Waals surface area contributed by atoms with Crippen LogP contribution in [0.5, 0.6) is 0 Å². The van der Waals surface area contributed by atoms with Crippen LogP contribution < -0.4 is 15.5 Å². The van der Waals surface area contributed by atoms with E-state index >= 15 is 0 Å². The Morgan fingerprint density at radius 2 is 1.78 bits per heavy atom. The molecule has 0 amide bonds. The van der Waals surface area contributed by atoms with Crippen molar-refractivity contribution in [2.45, 2.75) is 86.7 Å². The first-order chi connectivity index (χ1) is 21.4. The monoisotopic (exact) mass is 623 g/mol. The molecule has 0 bridgehead atoms. The molecule has 0 aliphatic carbocycles. The zero-order valence-corrected chi connectivity index (χ0v) is 30.0. The summed E-state index contributed by atoms with van der Waals surface area (Å²) in [6.07, 6.45) is 10.9. The minimum Gasteiger partial charge on any atom is -0.378 e. The fraction of sp³-hybridized carbons (Fsp3) is 0.583. The first-order valence-electron chi connectivity index (χ1n) is 16.4. The van der Waals surface area contributed by atoms with E-state index in [-0.39, 0.29) is 11.0 Å². The summed E-state index contributed by atoms with van der Waals surface area (Å²) in [6.45, 7) is 30.7. The van der Waals surface area contributed by atoms with Crippen molar-refractivity contribution < 1.29 is 9.47 Å². The minimum atomic E-state index is -0.325. The number of ether oxygens (including phenoxy) is 2. The van der Waals surface area contributed by atoms with Crippen LogP contribution in [0, 0.1) is 0 Å². The van der Waals surface area contributed by atoms with Crippen molar-refractivity contribution >= 4 is 17.6 Å². The molecule has 0 aromatic carbocycles. The van der Waals surface area contributed by atoms with Gasteiger partial charge in [-0.2, -0.15) is 4.98 Å². The van der Waals surface area contributed by atoms with Crippen molar-refractivity contribution in [1.82, 2.24) is 25.2 Å². The zero-order chi connectivity index (χ0) is 33.9. The summed E-state index contributed by atoms with van der Waals surface area (Å²) in [5.74, 6) is 2.10. The molecule has 0 unspecified atom stereocenters. The summed E-state index contributed by atoms with van der Waals surface area (Å²) >= 11 is 0. The van der Waals surface area contributed by atoms with E-state index < -0.39 is 0 Å². The average Bonchev–Trinajstić information content (AvgIpc) is 3.04. The number of morpholine rings is 1. The first-order valence-corrected chi connectivity index (χ1v) is 16.4. The third kappa shape index (κ3) is 14.6. The van der Waals surface area contributed by atoms with Gasteiger partial charge in [-0.25, -0.2) is 9.97 Å². The summed E-state index contributed by atoms with van der Waals surface area (Å²) in [5.41, 5.74) is 2.40. The Kier molecular flexibility index (Phi) is 18.3. The van der Waals surface area contributed by atoms with E-state index in [0.29, 0.717) is 12.6 Å². The molecule has 45 heavy (non-hydrogen) atoms. The number of hydrogen-bond donors (Lipinski definition) is 2. The molecule has 2 aromatic heterocycles. The molecule has 9 heteroatoms. The number of rotatable bonds is 13. The number of allylic oxidation sites excluding steroid dienone is 4. The van der Waals surface area contributed by atoms with Gasteiger partial charge in [0, 0.05) is 54.9 Å². The molecule has 2 aromatic rings. The fourth-order valence-corrected chi connectivity index (χ4v) is 4.21. The normalized spacial score (nSPS) is 14.1. The minimum absolute atomic E-state index is 0.242. The second kappa shape index (κ2) is 20.7. The Morgan fingerprint density at radius 1 is 1.09 bits per heavy atom. The van der Waals surface area contributed by atoms with Gasteiger partial charge in [0.05, 0.1) is 25.4 Å². The van der Waals surface area contributed by atoms with Crippen molar-refractivity contribution in [3.63, 3.8) is 0 Å². The Morgan fingerprint density at radius 3 is 2.31 bits per heavy atom. The van der Waals surface area contributed by atoms with Gasteiger partial charge >= 0.3 is 0 Å². The number of nitrogens with one attached hydrogen (secondary N) is 2. The maximum atomic E-state index is 6.16. The average molecular weight is 624 g/mol. The molecular formula is C36H61N7O2. The third-order valence-corrected chi connectivity index (χ3v) is 6.75. The first kappa shape index (κ1) is 39.8. The number of pyridine rings is 1. The lowest BCUT2D eigenvalue weighted by Gasteiger charge is -2.32. The van der Waals surface area contributed by atoms with Crippen LogP contribution in [0.15, 0.2) is 66.8 Å². The highest BCUT2D eigenvalue weighted by Crippen LogP contribution is 2.34. The van der Waals surface area contributed by atoms with Gasteiger partial charge in [0.15, 0.2) is 0 Å². The molecule has 3 heterocycles. The molecule has 9 nitrogen and oxygen atoms in total. The number of anilines is 3. The maximum Gasteiger partial charge on any atom is 0.228 e. The second-order valence-corrected chi connectivity index (χ2v) is 12.2. The quantitative estimate of drug-likeness (QED) is 0.174. The largest absolute Gasteiger partial charge is 0.378 e. The van der Waals surface area contributed by atoms with Crippen LogP contribution >= 0.6 is 0 Å². The molecule has 0 saturated carbocycles. The van der Waals surface area contributed by atoms with Crippen molar-refractivity contribution in [3.8, 4) is 0 Å². The maximum absolute atomic E-state index is 6.16. The molecule has 1 saturated heterocycles. The van der Waals surface area contributed by atoms with E-state index in [1.165, 1.54) is 6.42 Å². The van der Waals surface area contributed by atoms with Crippen molar-refractivity contribution in [2.75, 3.05) is 63.3 Å². The molecule has 3 rings (SSSR count). The lowest BCUT2D eigenvalue weighted by molar-refractivity contribution is -0.0249. The smallest absolute Gasteiger partial charge is 0.228 e. The Hall–Kier alpha value is -3.27. The van der Waals surface area contributed by atoms with Crippen molar-refractivity contribution in [1.29, 1.82) is 0 Å². The molecule has 2 N–H and O–H groups in total. The molecule has 0 radical (unpaired) electrons. The van der Waals surface area contributed by atoms with E-state index in [1.54, 1.807) is 6.20 Å². The van der Waals surface area contributed by atoms with E-state index in [4.69, 9.17) is 14.5 Å². The van der Waals surface area contributed by atoms with Crippen molar-refractivity contribution in [3.05, 3.63) is 72.4 Å². The Balaban J connectivity index is 0.00000113. The van der Waals surface area contributed by atoms with Crippen LogP contribution in [0.2, 0.25) is 0 Å². The van der Waals surface area contributed by atoms with Gasteiger partial charge in [-0.15, -0.1) is 0 Å². The molecule has 1 aliphatic heterocycles. The van der Waals surface area contributed by atoms with Crippen LogP contribution in [0.4, 0.5) is 17.6 Å². The van der Waals surface area contributed by atoms with Gasteiger partial charge in [-0.1, -0.05) is 54.2 Å².